The third kappa shape index (κ3) is 1.98. The van der Waals surface area contributed by atoms with Crippen molar-refractivity contribution >= 4 is 33.6 Å². The molecule has 98 valence electrons. The molecule has 4 heteroatoms. The van der Waals surface area contributed by atoms with Crippen molar-refractivity contribution in [3.8, 4) is 17.5 Å². The Bertz CT molecular complexity index is 856. The molecular formula is C16H12IN3. The third-order valence-corrected chi connectivity index (χ3v) is 4.87. The quantitative estimate of drug-likeness (QED) is 0.605. The molecule has 0 radical (unpaired) electrons. The zero-order chi connectivity index (χ0) is 14.3. The lowest BCUT2D eigenvalue weighted by Crippen LogP contribution is -1.95. The van der Waals surface area contributed by atoms with Gasteiger partial charge in [0.15, 0.2) is 0 Å². The largest absolute Gasteiger partial charge is 0.327 e. The van der Waals surface area contributed by atoms with Crippen LogP contribution in [0.1, 0.15) is 11.1 Å². The molecule has 3 nitrogen and oxygen atoms in total. The van der Waals surface area contributed by atoms with Crippen LogP contribution in [0.5, 0.6) is 0 Å². The van der Waals surface area contributed by atoms with Crippen molar-refractivity contribution in [3.05, 3.63) is 51.1 Å². The monoisotopic (exact) mass is 373 g/mol. The lowest BCUT2D eigenvalue weighted by Gasteiger charge is -2.07. The van der Waals surface area contributed by atoms with Crippen LogP contribution in [0.4, 0.5) is 0 Å². The topological polar surface area (TPSA) is 41.6 Å². The Morgan fingerprint density at radius 1 is 1.25 bits per heavy atom. The van der Waals surface area contributed by atoms with E-state index in [1.165, 1.54) is 9.13 Å². The van der Waals surface area contributed by atoms with Crippen molar-refractivity contribution in [2.24, 2.45) is 7.05 Å². The molecule has 0 spiro atoms. The maximum Gasteiger partial charge on any atom is 0.141 e. The molecule has 0 amide bonds. The number of nitriles is 1. The SMILES string of the molecule is Cc1cccc(-c2nc3ccc(C#N)cc3n2C)c1I. The summed E-state index contributed by atoms with van der Waals surface area (Å²) >= 11 is 2.36. The Kier molecular flexibility index (Phi) is 3.22. The smallest absolute Gasteiger partial charge is 0.141 e. The first-order valence-electron chi connectivity index (χ1n) is 6.24. The number of fused-ring (bicyclic) bond motifs is 1. The van der Waals surface area contributed by atoms with Crippen LogP contribution in [-0.2, 0) is 7.05 Å². The molecule has 1 aromatic heterocycles. The molecule has 0 saturated carbocycles. The average Bonchev–Trinajstić information content (AvgIpc) is 2.78. The van der Waals surface area contributed by atoms with Gasteiger partial charge in [-0.2, -0.15) is 5.26 Å². The minimum absolute atomic E-state index is 0.658. The standard InChI is InChI=1S/C16H12IN3/c1-10-4-3-5-12(15(10)17)16-19-13-7-6-11(9-18)8-14(13)20(16)2/h3-8H,1-2H3. The second kappa shape index (κ2) is 4.91. The molecule has 20 heavy (non-hydrogen) atoms. The van der Waals surface area contributed by atoms with Crippen LogP contribution >= 0.6 is 22.6 Å². The van der Waals surface area contributed by atoms with Crippen molar-refractivity contribution in [2.75, 3.05) is 0 Å². The van der Waals surface area contributed by atoms with Gasteiger partial charge in [-0.3, -0.25) is 0 Å². The average molecular weight is 373 g/mol. The van der Waals surface area contributed by atoms with Gasteiger partial charge in [-0.1, -0.05) is 18.2 Å². The summed E-state index contributed by atoms with van der Waals surface area (Å²) in [5.74, 6) is 0.934. The molecule has 2 aromatic carbocycles. The number of rotatable bonds is 1. The molecule has 1 heterocycles. The molecule has 0 fully saturated rings. The molecule has 0 atom stereocenters. The number of halogens is 1. The van der Waals surface area contributed by atoms with Gasteiger partial charge in [0.25, 0.3) is 0 Å². The van der Waals surface area contributed by atoms with Gasteiger partial charge >= 0.3 is 0 Å². The molecule has 0 aliphatic carbocycles. The second-order valence-corrected chi connectivity index (χ2v) is 5.82. The molecule has 0 N–H and O–H groups in total. The zero-order valence-corrected chi connectivity index (χ0v) is 13.3. The molecule has 3 aromatic rings. The Balaban J connectivity index is 2.30. The van der Waals surface area contributed by atoms with Crippen molar-refractivity contribution < 1.29 is 0 Å². The van der Waals surface area contributed by atoms with Crippen LogP contribution in [0.25, 0.3) is 22.4 Å². The fourth-order valence-electron chi connectivity index (χ4n) is 2.32. The summed E-state index contributed by atoms with van der Waals surface area (Å²) in [4.78, 5) is 4.71. The number of aryl methyl sites for hydroxylation is 2. The van der Waals surface area contributed by atoms with Gasteiger partial charge in [0, 0.05) is 16.2 Å². The van der Waals surface area contributed by atoms with Crippen LogP contribution in [0.15, 0.2) is 36.4 Å². The summed E-state index contributed by atoms with van der Waals surface area (Å²) in [5, 5.41) is 9.01. The van der Waals surface area contributed by atoms with Crippen molar-refractivity contribution in [3.63, 3.8) is 0 Å². The van der Waals surface area contributed by atoms with Gasteiger partial charge in [0.1, 0.15) is 5.82 Å². The highest BCUT2D eigenvalue weighted by atomic mass is 127. The molecule has 0 aliphatic heterocycles. The number of aromatic nitrogens is 2. The Morgan fingerprint density at radius 2 is 2.05 bits per heavy atom. The van der Waals surface area contributed by atoms with E-state index in [2.05, 4.69) is 47.7 Å². The highest BCUT2D eigenvalue weighted by molar-refractivity contribution is 14.1. The first-order valence-corrected chi connectivity index (χ1v) is 7.32. The summed E-state index contributed by atoms with van der Waals surface area (Å²) in [6.07, 6.45) is 0. The number of hydrogen-bond donors (Lipinski definition) is 0. The first kappa shape index (κ1) is 13.1. The molecule has 0 saturated heterocycles. The van der Waals surface area contributed by atoms with Crippen molar-refractivity contribution in [1.82, 2.24) is 9.55 Å². The summed E-state index contributed by atoms with van der Waals surface area (Å²) in [6.45, 7) is 2.10. The predicted molar refractivity (Wildman–Crippen MR) is 88.3 cm³/mol. The molecule has 0 bridgehead atoms. The fraction of sp³-hybridized carbons (Fsp3) is 0.125. The fourth-order valence-corrected chi connectivity index (χ4v) is 2.92. The summed E-state index contributed by atoms with van der Waals surface area (Å²) in [6, 6.07) is 14.0. The van der Waals surface area contributed by atoms with Crippen LogP contribution in [0, 0.1) is 21.8 Å². The maximum atomic E-state index is 9.01. The Morgan fingerprint density at radius 3 is 2.80 bits per heavy atom. The normalized spacial score (nSPS) is 10.7. The van der Waals surface area contributed by atoms with Gasteiger partial charge in [-0.15, -0.1) is 0 Å². The van der Waals surface area contributed by atoms with Crippen molar-refractivity contribution in [1.29, 1.82) is 5.26 Å². The molecule has 3 rings (SSSR count). The Labute approximate surface area is 131 Å². The summed E-state index contributed by atoms with van der Waals surface area (Å²) in [7, 11) is 1.99. The molecule has 0 unspecified atom stereocenters. The van der Waals surface area contributed by atoms with Gasteiger partial charge in [0.2, 0.25) is 0 Å². The van der Waals surface area contributed by atoms with Gasteiger partial charge in [-0.25, -0.2) is 4.98 Å². The van der Waals surface area contributed by atoms with Crippen LogP contribution in [0.3, 0.4) is 0 Å². The van der Waals surface area contributed by atoms with E-state index >= 15 is 0 Å². The first-order chi connectivity index (χ1) is 9.61. The number of benzene rings is 2. The minimum Gasteiger partial charge on any atom is -0.327 e. The van der Waals surface area contributed by atoms with Crippen LogP contribution in [0.2, 0.25) is 0 Å². The molecular weight excluding hydrogens is 361 g/mol. The van der Waals surface area contributed by atoms with E-state index in [4.69, 9.17) is 10.2 Å². The predicted octanol–water partition coefficient (Wildman–Crippen LogP) is 4.03. The second-order valence-electron chi connectivity index (χ2n) is 4.75. The number of nitrogens with zero attached hydrogens (tertiary/aromatic N) is 3. The van der Waals surface area contributed by atoms with Gasteiger partial charge < -0.3 is 4.57 Å². The zero-order valence-electron chi connectivity index (χ0n) is 11.2. The van der Waals surface area contributed by atoms with Crippen LogP contribution < -0.4 is 0 Å². The lowest BCUT2D eigenvalue weighted by molar-refractivity contribution is 0.957. The summed E-state index contributed by atoms with van der Waals surface area (Å²) in [5.41, 5.74) is 4.93. The van der Waals surface area contributed by atoms with Gasteiger partial charge in [-0.05, 0) is 53.3 Å². The van der Waals surface area contributed by atoms with Gasteiger partial charge in [0.05, 0.1) is 22.7 Å². The lowest BCUT2D eigenvalue weighted by atomic mass is 10.1. The highest BCUT2D eigenvalue weighted by Crippen LogP contribution is 2.29. The Hall–Kier alpha value is -1.87. The van der Waals surface area contributed by atoms with E-state index in [9.17, 15) is 0 Å². The minimum atomic E-state index is 0.658. The molecule has 0 aliphatic rings. The van der Waals surface area contributed by atoms with E-state index in [-0.39, 0.29) is 0 Å². The van der Waals surface area contributed by atoms with E-state index in [0.29, 0.717) is 5.56 Å². The summed E-state index contributed by atoms with van der Waals surface area (Å²) < 4.78 is 3.26. The third-order valence-electron chi connectivity index (χ3n) is 3.44. The van der Waals surface area contributed by atoms with E-state index in [0.717, 1.165) is 22.4 Å². The number of imidazole rings is 1. The van der Waals surface area contributed by atoms with E-state index in [1.807, 2.05) is 29.8 Å². The maximum absolute atomic E-state index is 9.01. The van der Waals surface area contributed by atoms with E-state index < -0.39 is 0 Å². The van der Waals surface area contributed by atoms with Crippen LogP contribution in [-0.4, -0.2) is 9.55 Å². The van der Waals surface area contributed by atoms with Crippen molar-refractivity contribution in [2.45, 2.75) is 6.92 Å². The highest BCUT2D eigenvalue weighted by Gasteiger charge is 2.13. The number of hydrogen-bond acceptors (Lipinski definition) is 2. The van der Waals surface area contributed by atoms with E-state index in [1.54, 1.807) is 6.07 Å².